The number of amides is 2. The lowest BCUT2D eigenvalue weighted by atomic mass is 10.0. The number of carbonyl (C=O) groups excluding carboxylic acids is 2. The molecule has 3 aliphatic heterocycles. The van der Waals surface area contributed by atoms with Gasteiger partial charge >= 0.3 is 0 Å². The maximum absolute atomic E-state index is 13.1. The summed E-state index contributed by atoms with van der Waals surface area (Å²) in [5, 5.41) is 7.91. The Bertz CT molecular complexity index is 722. The molecule has 0 radical (unpaired) electrons. The quantitative estimate of drug-likeness (QED) is 0.719. The lowest BCUT2D eigenvalue weighted by Crippen LogP contribution is -2.47. The summed E-state index contributed by atoms with van der Waals surface area (Å²) in [5.74, 6) is 0.741. The molecule has 0 bridgehead atoms. The highest BCUT2D eigenvalue weighted by molar-refractivity contribution is 5.89. The van der Waals surface area contributed by atoms with Crippen LogP contribution in [0, 0.1) is 5.92 Å². The molecule has 0 saturated carbocycles. The smallest absolute Gasteiger partial charge is 0.233 e. The minimum atomic E-state index is -0.259. The minimum Gasteiger partial charge on any atom is -0.480 e. The predicted octanol–water partition coefficient (Wildman–Crippen LogP) is 0.883. The van der Waals surface area contributed by atoms with Gasteiger partial charge in [0, 0.05) is 50.9 Å². The summed E-state index contributed by atoms with van der Waals surface area (Å²) in [6, 6.07) is 3.62. The summed E-state index contributed by atoms with van der Waals surface area (Å²) in [6.07, 6.45) is 3.62. The highest BCUT2D eigenvalue weighted by Crippen LogP contribution is 2.27. The van der Waals surface area contributed by atoms with Crippen molar-refractivity contribution in [1.29, 1.82) is 0 Å². The fourth-order valence-corrected chi connectivity index (χ4v) is 4.39. The lowest BCUT2D eigenvalue weighted by Gasteiger charge is -2.34. The molecular weight excluding hydrogens is 376 g/mol. The zero-order valence-corrected chi connectivity index (χ0v) is 16.8. The summed E-state index contributed by atoms with van der Waals surface area (Å²) >= 11 is 0. The van der Waals surface area contributed by atoms with Crippen LogP contribution >= 0.6 is 0 Å². The van der Waals surface area contributed by atoms with Crippen molar-refractivity contribution < 1.29 is 23.8 Å². The van der Waals surface area contributed by atoms with Gasteiger partial charge in [0.15, 0.2) is 0 Å². The van der Waals surface area contributed by atoms with Gasteiger partial charge in [-0.05, 0) is 25.7 Å². The van der Waals surface area contributed by atoms with E-state index in [2.05, 4.69) is 10.2 Å². The van der Waals surface area contributed by atoms with Gasteiger partial charge in [-0.1, -0.05) is 0 Å². The average molecular weight is 404 g/mol. The largest absolute Gasteiger partial charge is 0.480 e. The molecule has 1 aromatic rings. The first kappa shape index (κ1) is 19.9. The van der Waals surface area contributed by atoms with Crippen LogP contribution in [0.15, 0.2) is 12.1 Å². The third-order valence-electron chi connectivity index (χ3n) is 5.94. The fraction of sp³-hybridized carbons (Fsp3) is 0.700. The van der Waals surface area contributed by atoms with E-state index in [4.69, 9.17) is 14.2 Å². The monoisotopic (exact) mass is 404 g/mol. The van der Waals surface area contributed by atoms with Gasteiger partial charge in [0.05, 0.1) is 19.6 Å². The maximum Gasteiger partial charge on any atom is 0.233 e. The zero-order valence-electron chi connectivity index (χ0n) is 16.8. The molecule has 0 aliphatic carbocycles. The first-order valence-corrected chi connectivity index (χ1v) is 10.3. The van der Waals surface area contributed by atoms with Crippen molar-refractivity contribution in [2.45, 2.75) is 44.2 Å². The predicted molar refractivity (Wildman–Crippen MR) is 102 cm³/mol. The molecule has 0 spiro atoms. The van der Waals surface area contributed by atoms with Gasteiger partial charge in [-0.3, -0.25) is 9.59 Å². The van der Waals surface area contributed by atoms with Crippen LogP contribution in [0.4, 0.5) is 0 Å². The standard InChI is InChI=1S/C20H28N4O5/c1-27-17-4-5-18(22-21-17)29-16-3-2-8-23(13-16)20(26)14-11-19(25)24(12-14)15-6-9-28-10-7-15/h4-5,14-16H,2-3,6-13H2,1H3. The van der Waals surface area contributed by atoms with Crippen LogP contribution in [0.3, 0.4) is 0 Å². The van der Waals surface area contributed by atoms with Gasteiger partial charge in [0.2, 0.25) is 23.6 Å². The molecule has 4 heterocycles. The Morgan fingerprint density at radius 1 is 1.14 bits per heavy atom. The zero-order chi connectivity index (χ0) is 20.2. The van der Waals surface area contributed by atoms with Crippen LogP contribution < -0.4 is 9.47 Å². The number of rotatable bonds is 5. The van der Waals surface area contributed by atoms with Crippen molar-refractivity contribution in [3.63, 3.8) is 0 Å². The number of methoxy groups -OCH3 is 1. The second kappa shape index (κ2) is 8.94. The topological polar surface area (TPSA) is 94.1 Å². The summed E-state index contributed by atoms with van der Waals surface area (Å²) in [7, 11) is 1.53. The van der Waals surface area contributed by atoms with Gasteiger partial charge in [-0.25, -0.2) is 0 Å². The molecule has 1 aromatic heterocycles. The van der Waals surface area contributed by atoms with Crippen molar-refractivity contribution in [1.82, 2.24) is 20.0 Å². The molecule has 158 valence electrons. The first-order valence-electron chi connectivity index (χ1n) is 10.3. The van der Waals surface area contributed by atoms with Crippen LogP contribution in [0.1, 0.15) is 32.1 Å². The molecule has 9 heteroatoms. The number of hydrogen-bond acceptors (Lipinski definition) is 7. The summed E-state index contributed by atoms with van der Waals surface area (Å²) in [6.45, 7) is 3.11. The molecule has 3 aliphatic rings. The van der Waals surface area contributed by atoms with Crippen molar-refractivity contribution >= 4 is 11.8 Å². The highest BCUT2D eigenvalue weighted by atomic mass is 16.5. The summed E-state index contributed by atoms with van der Waals surface area (Å²) < 4.78 is 16.3. The van der Waals surface area contributed by atoms with Crippen LogP contribution in [-0.2, 0) is 14.3 Å². The Labute approximate surface area is 170 Å². The maximum atomic E-state index is 13.1. The summed E-state index contributed by atoms with van der Waals surface area (Å²) in [4.78, 5) is 29.3. The average Bonchev–Trinajstić information content (AvgIpc) is 3.16. The Balaban J connectivity index is 1.33. The van der Waals surface area contributed by atoms with E-state index in [0.717, 1.165) is 25.7 Å². The van der Waals surface area contributed by atoms with Gasteiger partial charge in [0.1, 0.15) is 6.10 Å². The first-order chi connectivity index (χ1) is 14.1. The molecular formula is C20H28N4O5. The normalized spacial score (nSPS) is 25.9. The Morgan fingerprint density at radius 2 is 1.90 bits per heavy atom. The van der Waals surface area contributed by atoms with Crippen molar-refractivity contribution in [2.24, 2.45) is 5.92 Å². The second-order valence-electron chi connectivity index (χ2n) is 7.87. The molecule has 3 fully saturated rings. The van der Waals surface area contributed by atoms with Gasteiger partial charge in [-0.2, -0.15) is 0 Å². The number of aromatic nitrogens is 2. The van der Waals surface area contributed by atoms with Crippen molar-refractivity contribution in [2.75, 3.05) is 40.0 Å². The van der Waals surface area contributed by atoms with Gasteiger partial charge in [0.25, 0.3) is 0 Å². The highest BCUT2D eigenvalue weighted by Gasteiger charge is 2.40. The minimum absolute atomic E-state index is 0.0574. The van der Waals surface area contributed by atoms with E-state index in [1.807, 2.05) is 9.80 Å². The van der Waals surface area contributed by atoms with Crippen molar-refractivity contribution in [3.8, 4) is 11.8 Å². The van der Waals surface area contributed by atoms with E-state index in [1.54, 1.807) is 12.1 Å². The van der Waals surface area contributed by atoms with Crippen LogP contribution in [0.2, 0.25) is 0 Å². The fourth-order valence-electron chi connectivity index (χ4n) is 4.39. The molecule has 0 N–H and O–H groups in total. The molecule has 2 atom stereocenters. The molecule has 9 nitrogen and oxygen atoms in total. The Kier molecular flexibility index (Phi) is 6.13. The van der Waals surface area contributed by atoms with E-state index in [0.29, 0.717) is 51.0 Å². The van der Waals surface area contributed by atoms with E-state index in [9.17, 15) is 9.59 Å². The number of piperidine rings is 1. The Morgan fingerprint density at radius 3 is 2.62 bits per heavy atom. The van der Waals surface area contributed by atoms with E-state index < -0.39 is 0 Å². The molecule has 0 aromatic carbocycles. The van der Waals surface area contributed by atoms with Crippen molar-refractivity contribution in [3.05, 3.63) is 12.1 Å². The number of likely N-dealkylation sites (tertiary alicyclic amines) is 2. The third kappa shape index (κ3) is 4.60. The van der Waals surface area contributed by atoms with Crippen LogP contribution in [0.25, 0.3) is 0 Å². The van der Waals surface area contributed by atoms with Gasteiger partial charge in [-0.15, -0.1) is 10.2 Å². The second-order valence-corrected chi connectivity index (χ2v) is 7.87. The van der Waals surface area contributed by atoms with E-state index in [-0.39, 0.29) is 29.9 Å². The lowest BCUT2D eigenvalue weighted by molar-refractivity contribution is -0.138. The Hall–Kier alpha value is -2.42. The molecule has 2 amide bonds. The van der Waals surface area contributed by atoms with Crippen LogP contribution in [-0.4, -0.2) is 83.9 Å². The van der Waals surface area contributed by atoms with E-state index in [1.165, 1.54) is 7.11 Å². The SMILES string of the molecule is COc1ccc(OC2CCCN(C(=O)C3CC(=O)N(C4CCOCC4)C3)C2)nn1. The molecule has 3 saturated heterocycles. The summed E-state index contributed by atoms with van der Waals surface area (Å²) in [5.41, 5.74) is 0. The molecule has 2 unspecified atom stereocenters. The number of ether oxygens (including phenoxy) is 3. The number of nitrogens with zero attached hydrogens (tertiary/aromatic N) is 4. The third-order valence-corrected chi connectivity index (χ3v) is 5.94. The molecule has 4 rings (SSSR count). The van der Waals surface area contributed by atoms with Crippen LogP contribution in [0.5, 0.6) is 11.8 Å². The van der Waals surface area contributed by atoms with E-state index >= 15 is 0 Å². The number of hydrogen-bond donors (Lipinski definition) is 0. The van der Waals surface area contributed by atoms with Gasteiger partial charge < -0.3 is 24.0 Å². The molecule has 29 heavy (non-hydrogen) atoms. The number of carbonyl (C=O) groups is 2.